The van der Waals surface area contributed by atoms with E-state index in [1.165, 1.54) is 24.0 Å². The van der Waals surface area contributed by atoms with Crippen molar-refractivity contribution in [3.05, 3.63) is 70.8 Å². The minimum atomic E-state index is -0.547. The summed E-state index contributed by atoms with van der Waals surface area (Å²) in [4.78, 5) is 117. The van der Waals surface area contributed by atoms with Gasteiger partial charge >= 0.3 is 59.7 Å². The van der Waals surface area contributed by atoms with E-state index < -0.39 is 45.9 Å². The molecule has 4 fully saturated rings. The number of hydrogen-bond donors (Lipinski definition) is 0. The molecule has 0 N–H and O–H groups in total. The van der Waals surface area contributed by atoms with Gasteiger partial charge in [0.1, 0.15) is 33.6 Å². The Labute approximate surface area is 650 Å². The summed E-state index contributed by atoms with van der Waals surface area (Å²) < 4.78 is 52.4. The smallest absolute Gasteiger partial charge is 0.344 e. The summed E-state index contributed by atoms with van der Waals surface area (Å²) in [6.45, 7) is 45.4. The highest BCUT2D eigenvalue weighted by atomic mass is 16.6. The lowest BCUT2D eigenvalue weighted by Crippen LogP contribution is -2.38. The van der Waals surface area contributed by atoms with E-state index in [9.17, 15) is 47.9 Å². The Morgan fingerprint density at radius 1 is 0.361 bits per heavy atom. The van der Waals surface area contributed by atoms with Crippen molar-refractivity contribution in [2.75, 3.05) is 26.4 Å². The minimum Gasteiger partial charge on any atom is -0.457 e. The highest BCUT2D eigenvalue weighted by molar-refractivity contribution is 5.90. The lowest BCUT2D eigenvalue weighted by molar-refractivity contribution is -0.174. The largest absolute Gasteiger partial charge is 0.457 e. The normalized spacial score (nSPS) is 17.2. The van der Waals surface area contributed by atoms with Crippen LogP contribution in [0.5, 0.6) is 0 Å². The Kier molecular flexibility index (Phi) is 44.1. The Morgan fingerprint density at radius 2 is 0.648 bits per heavy atom. The van der Waals surface area contributed by atoms with E-state index in [1.807, 2.05) is 159 Å². The third-order valence-corrected chi connectivity index (χ3v) is 21.5. The minimum absolute atomic E-state index is 0.162. The first-order valence-corrected chi connectivity index (χ1v) is 40.5. The average molecular weight is 1520 g/mol. The molecule has 0 spiro atoms. The molecule has 0 aromatic heterocycles. The van der Waals surface area contributed by atoms with E-state index in [1.54, 1.807) is 27.7 Å². The zero-order valence-corrected chi connectivity index (χ0v) is 71.3. The topological polar surface area (TPSA) is 263 Å². The second-order valence-corrected chi connectivity index (χ2v) is 33.6. The van der Waals surface area contributed by atoms with E-state index in [0.29, 0.717) is 48.6 Å². The van der Waals surface area contributed by atoms with Crippen molar-refractivity contribution in [3.63, 3.8) is 0 Å². The maximum atomic E-state index is 11.9. The SMILES string of the molecule is CCC(C)(C)C(=O)OCC(=O)OC1(C)CCCC1.CCC(C)(C)C(=O)OCC(=O)OC1(C)CCCCC1.CCC(C)C(=O)OCC(=O)OC1(C)CCCC1.CCC(C)C(=O)OCC(=O)OC1(CC)CCCCC1.CCC(C)c1ccc(C(=O)OC(C)(C)C)cc1.CCC(C)c1ccc(C(=O)OC(C)(C)CC)cc1. The molecule has 4 atom stereocenters. The van der Waals surface area contributed by atoms with Gasteiger partial charge in [0.25, 0.3) is 0 Å². The van der Waals surface area contributed by atoms with Crippen molar-refractivity contribution < 1.29 is 95.3 Å². The molecule has 4 saturated carbocycles. The van der Waals surface area contributed by atoms with Crippen LogP contribution in [0.4, 0.5) is 0 Å². The number of carbonyl (C=O) groups is 10. The van der Waals surface area contributed by atoms with E-state index in [2.05, 4.69) is 27.7 Å². The maximum absolute atomic E-state index is 11.9. The van der Waals surface area contributed by atoms with Crippen LogP contribution in [-0.4, -0.2) is 120 Å². The second kappa shape index (κ2) is 48.0. The van der Waals surface area contributed by atoms with Gasteiger partial charge in [-0.05, 0) is 284 Å². The van der Waals surface area contributed by atoms with Gasteiger partial charge < -0.3 is 47.4 Å². The Hall–Kier alpha value is -6.86. The number of hydrogen-bond acceptors (Lipinski definition) is 20. The van der Waals surface area contributed by atoms with Gasteiger partial charge in [0.15, 0.2) is 26.4 Å². The quantitative estimate of drug-likeness (QED) is 0.0541. The summed E-state index contributed by atoms with van der Waals surface area (Å²) >= 11 is 0. The van der Waals surface area contributed by atoms with Crippen LogP contribution in [0.3, 0.4) is 0 Å². The molecule has 6 rings (SSSR count). The van der Waals surface area contributed by atoms with E-state index in [-0.39, 0.29) is 96.5 Å². The molecule has 4 aliphatic rings. The molecule has 616 valence electrons. The van der Waals surface area contributed by atoms with Crippen LogP contribution < -0.4 is 0 Å². The molecule has 2 aromatic rings. The van der Waals surface area contributed by atoms with Gasteiger partial charge in [-0.2, -0.15) is 0 Å². The fourth-order valence-electron chi connectivity index (χ4n) is 11.7. The molecule has 20 heteroatoms. The van der Waals surface area contributed by atoms with Gasteiger partial charge in [-0.3, -0.25) is 19.2 Å². The first-order valence-electron chi connectivity index (χ1n) is 40.5. The predicted octanol–water partition coefficient (Wildman–Crippen LogP) is 20.5. The third-order valence-electron chi connectivity index (χ3n) is 21.5. The highest BCUT2D eigenvalue weighted by Crippen LogP contribution is 2.37. The Bertz CT molecular complexity index is 3040. The Balaban J connectivity index is 0.000000648. The van der Waals surface area contributed by atoms with Crippen molar-refractivity contribution in [2.24, 2.45) is 22.7 Å². The fraction of sp³-hybridized carbons (Fsp3) is 0.750. The molecule has 0 radical (unpaired) electrons. The maximum Gasteiger partial charge on any atom is 0.344 e. The summed E-state index contributed by atoms with van der Waals surface area (Å²) in [5.74, 6) is -2.85. The zero-order valence-electron chi connectivity index (χ0n) is 71.3. The van der Waals surface area contributed by atoms with Crippen LogP contribution in [0.25, 0.3) is 0 Å². The predicted molar refractivity (Wildman–Crippen MR) is 422 cm³/mol. The van der Waals surface area contributed by atoms with Gasteiger partial charge in [-0.15, -0.1) is 0 Å². The number of rotatable bonds is 29. The van der Waals surface area contributed by atoms with Gasteiger partial charge in [-0.25, -0.2) is 28.8 Å². The molecule has 0 amide bonds. The summed E-state index contributed by atoms with van der Waals surface area (Å²) in [5, 5.41) is 0. The van der Waals surface area contributed by atoms with Crippen molar-refractivity contribution in [3.8, 4) is 0 Å². The highest BCUT2D eigenvalue weighted by Gasteiger charge is 2.38. The van der Waals surface area contributed by atoms with Gasteiger partial charge in [0.2, 0.25) is 0 Å². The molecule has 20 nitrogen and oxygen atoms in total. The average Bonchev–Trinajstić information content (AvgIpc) is 1.69. The number of benzene rings is 2. The van der Waals surface area contributed by atoms with Crippen LogP contribution in [0.1, 0.15) is 377 Å². The van der Waals surface area contributed by atoms with Crippen molar-refractivity contribution in [1.82, 2.24) is 0 Å². The van der Waals surface area contributed by atoms with Crippen LogP contribution >= 0.6 is 0 Å². The van der Waals surface area contributed by atoms with Crippen LogP contribution in [0.2, 0.25) is 0 Å². The fourth-order valence-corrected chi connectivity index (χ4v) is 11.7. The number of ether oxygens (including phenoxy) is 10. The summed E-state index contributed by atoms with van der Waals surface area (Å²) in [6.07, 6.45) is 25.0. The molecule has 4 unspecified atom stereocenters. The van der Waals surface area contributed by atoms with Crippen LogP contribution in [0.15, 0.2) is 48.5 Å². The third kappa shape index (κ3) is 38.7. The van der Waals surface area contributed by atoms with Crippen LogP contribution in [0, 0.1) is 22.7 Å². The van der Waals surface area contributed by atoms with E-state index in [4.69, 9.17) is 47.4 Å². The van der Waals surface area contributed by atoms with Crippen molar-refractivity contribution >= 4 is 59.7 Å². The second-order valence-electron chi connectivity index (χ2n) is 33.6. The van der Waals surface area contributed by atoms with Gasteiger partial charge in [0.05, 0.1) is 33.8 Å². The first kappa shape index (κ1) is 99.1. The zero-order chi connectivity index (χ0) is 82.3. The molecule has 0 aliphatic heterocycles. The molecule has 2 aromatic carbocycles. The summed E-state index contributed by atoms with van der Waals surface area (Å²) in [6, 6.07) is 15.4. The monoisotopic (exact) mass is 1520 g/mol. The summed E-state index contributed by atoms with van der Waals surface area (Å²) in [7, 11) is 0. The first-order chi connectivity index (χ1) is 50.3. The van der Waals surface area contributed by atoms with Crippen LogP contribution in [-0.2, 0) is 85.7 Å². The molecule has 108 heavy (non-hydrogen) atoms. The van der Waals surface area contributed by atoms with Gasteiger partial charge in [0, 0.05) is 0 Å². The lowest BCUT2D eigenvalue weighted by Gasteiger charge is -2.35. The molecule has 0 saturated heterocycles. The van der Waals surface area contributed by atoms with E-state index in [0.717, 1.165) is 128 Å². The lowest BCUT2D eigenvalue weighted by atomic mass is 9.83. The van der Waals surface area contributed by atoms with E-state index >= 15 is 0 Å². The van der Waals surface area contributed by atoms with Gasteiger partial charge in [-0.1, -0.05) is 120 Å². The number of esters is 10. The Morgan fingerprint density at radius 3 is 0.926 bits per heavy atom. The molecule has 0 heterocycles. The number of carbonyl (C=O) groups excluding carboxylic acids is 10. The summed E-state index contributed by atoms with van der Waals surface area (Å²) in [5.41, 5.74) is 0.453. The standard InChI is InChI=1S/C16H24O2.2C15H26O4.C15H22O2.C14H24O4.C13H22O4/c1-6-12(3)13-8-10-14(11-9-13)15(17)18-16(4,5)7-2;1-5-14(2,3)13(17)18-11-12(16)19-15(4)9-7-6-8-10-15;1-4-12(3)14(17)18-11-13(16)19-15(5-2)9-7-6-8-10-15;1-6-11(2)12-7-9-13(10-8-12)14(16)17-15(3,4)5;1-5-13(2,3)12(16)17-10-11(15)18-14(4)8-6-7-9-14;1-4-10(2)12(15)16-9-11(14)17-13(3)7-5-6-8-13/h8-12H,6-7H2,1-5H3;5-11H2,1-4H3;12H,4-11H2,1-3H3;7-11H,6H2,1-5H3;5-10H2,1-4H3;10H,4-9H2,1-3H3. The van der Waals surface area contributed by atoms with Crippen molar-refractivity contribution in [2.45, 2.75) is 379 Å². The van der Waals surface area contributed by atoms with Crippen molar-refractivity contribution in [1.29, 1.82) is 0 Å². The molecule has 4 aliphatic carbocycles. The molecular formula is C88H144O20. The molecule has 0 bridgehead atoms. The molecular weight excluding hydrogens is 1380 g/mol.